The minimum atomic E-state index is -4.01. The minimum absolute atomic E-state index is 0.0192. The molecule has 7 heteroatoms. The highest BCUT2D eigenvalue weighted by Crippen LogP contribution is 2.27. The van der Waals surface area contributed by atoms with E-state index in [1.165, 1.54) is 37.3 Å². The van der Waals surface area contributed by atoms with Gasteiger partial charge in [-0.25, -0.2) is 8.42 Å². The molecule has 3 rings (SSSR count). The summed E-state index contributed by atoms with van der Waals surface area (Å²) in [5.74, 6) is -0.255. The number of carbonyl (C=O) groups excluding carboxylic acids is 1. The third-order valence-corrected chi connectivity index (χ3v) is 6.00. The number of carbonyl (C=O) groups is 1. The van der Waals surface area contributed by atoms with Crippen molar-refractivity contribution >= 4 is 38.4 Å². The van der Waals surface area contributed by atoms with Crippen LogP contribution in [-0.4, -0.2) is 18.9 Å². The number of para-hydroxylation sites is 1. The topological polar surface area (TPSA) is 92.0 Å². The number of hydrogen-bond acceptors (Lipinski definition) is 4. The van der Waals surface area contributed by atoms with Crippen molar-refractivity contribution in [2.24, 2.45) is 0 Å². The van der Waals surface area contributed by atoms with Gasteiger partial charge in [0.2, 0.25) is 15.7 Å². The Kier molecular flexibility index (Phi) is 5.66. The van der Waals surface area contributed by atoms with Crippen LogP contribution in [0.15, 0.2) is 77.2 Å². The third kappa shape index (κ3) is 4.13. The van der Waals surface area contributed by atoms with Crippen LogP contribution in [0.25, 0.3) is 17.0 Å². The first kappa shape index (κ1) is 20.1. The van der Waals surface area contributed by atoms with E-state index in [0.29, 0.717) is 17.8 Å². The molecule has 146 valence electrons. The fourth-order valence-corrected chi connectivity index (χ4v) is 4.19. The van der Waals surface area contributed by atoms with Crippen molar-refractivity contribution in [1.82, 2.24) is 4.57 Å². The summed E-state index contributed by atoms with van der Waals surface area (Å²) in [4.78, 5) is 10.7. The number of hydrogen-bond donors (Lipinski definition) is 1. The lowest BCUT2D eigenvalue weighted by atomic mass is 10.1. The molecule has 0 spiro atoms. The normalized spacial score (nSPS) is 11.8. The maximum atomic E-state index is 13.0. The van der Waals surface area contributed by atoms with E-state index in [-0.39, 0.29) is 15.7 Å². The van der Waals surface area contributed by atoms with Crippen molar-refractivity contribution in [3.05, 3.63) is 77.9 Å². The van der Waals surface area contributed by atoms with E-state index < -0.39 is 9.84 Å². The van der Waals surface area contributed by atoms with E-state index in [1.54, 1.807) is 12.3 Å². The highest BCUT2D eigenvalue weighted by atomic mass is 32.2. The highest BCUT2D eigenvalue weighted by molar-refractivity contribution is 7.95. The van der Waals surface area contributed by atoms with Crippen LogP contribution in [0.5, 0.6) is 0 Å². The van der Waals surface area contributed by atoms with Gasteiger partial charge >= 0.3 is 0 Å². The Morgan fingerprint density at radius 1 is 1.21 bits per heavy atom. The van der Waals surface area contributed by atoms with Crippen molar-refractivity contribution in [3.8, 4) is 6.07 Å². The van der Waals surface area contributed by atoms with Gasteiger partial charge in [-0.2, -0.15) is 5.26 Å². The van der Waals surface area contributed by atoms with Gasteiger partial charge in [-0.3, -0.25) is 4.79 Å². The molecule has 1 heterocycles. The number of aromatic nitrogens is 1. The Bertz CT molecular complexity index is 1260. The zero-order chi connectivity index (χ0) is 21.0. The van der Waals surface area contributed by atoms with E-state index in [0.717, 1.165) is 10.9 Å². The number of amides is 1. The van der Waals surface area contributed by atoms with E-state index in [9.17, 15) is 18.5 Å². The number of nitriles is 1. The Balaban J connectivity index is 2.06. The summed E-state index contributed by atoms with van der Waals surface area (Å²) >= 11 is 0. The number of rotatable bonds is 6. The summed E-state index contributed by atoms with van der Waals surface area (Å²) in [6.45, 7) is 5.67. The third-order valence-electron chi connectivity index (χ3n) is 4.32. The van der Waals surface area contributed by atoms with Gasteiger partial charge in [0.1, 0.15) is 11.0 Å². The first-order valence-corrected chi connectivity index (χ1v) is 10.3. The largest absolute Gasteiger partial charge is 0.343 e. The standard InChI is InChI=1S/C22H19N3O3S/c1-3-12-25-15-17(21-6-4-5-7-22(21)25)13-20(14-23)29(27,28)19-10-8-18(9-11-19)24-16(2)26/h3-11,13,15H,1,12H2,2H3,(H,24,26)/b20-13+. The molecule has 1 aromatic heterocycles. The van der Waals surface area contributed by atoms with Crippen LogP contribution >= 0.6 is 0 Å². The molecule has 0 saturated heterocycles. The molecule has 0 unspecified atom stereocenters. The molecule has 2 aromatic carbocycles. The fourth-order valence-electron chi connectivity index (χ4n) is 3.04. The lowest BCUT2D eigenvalue weighted by molar-refractivity contribution is -0.114. The van der Waals surface area contributed by atoms with Gasteiger partial charge in [-0.1, -0.05) is 24.3 Å². The van der Waals surface area contributed by atoms with Crippen LogP contribution in [-0.2, 0) is 21.2 Å². The average Bonchev–Trinajstić information content (AvgIpc) is 3.04. The molecule has 0 aliphatic rings. The van der Waals surface area contributed by atoms with Crippen molar-refractivity contribution < 1.29 is 13.2 Å². The minimum Gasteiger partial charge on any atom is -0.343 e. The smallest absolute Gasteiger partial charge is 0.221 e. The first-order chi connectivity index (χ1) is 13.9. The van der Waals surface area contributed by atoms with Crippen molar-refractivity contribution in [1.29, 1.82) is 5.26 Å². The molecule has 29 heavy (non-hydrogen) atoms. The van der Waals surface area contributed by atoms with Gasteiger partial charge in [0.05, 0.1) is 4.90 Å². The second-order valence-corrected chi connectivity index (χ2v) is 8.29. The summed E-state index contributed by atoms with van der Waals surface area (Å²) in [5.41, 5.74) is 2.04. The molecule has 0 saturated carbocycles. The first-order valence-electron chi connectivity index (χ1n) is 8.80. The van der Waals surface area contributed by atoms with Gasteiger partial charge in [0, 0.05) is 41.8 Å². The predicted octanol–water partition coefficient (Wildman–Crippen LogP) is 4.12. The van der Waals surface area contributed by atoms with Crippen LogP contribution in [0.2, 0.25) is 0 Å². The summed E-state index contributed by atoms with van der Waals surface area (Å²) in [7, 11) is -4.01. The van der Waals surface area contributed by atoms with E-state index >= 15 is 0 Å². The number of anilines is 1. The predicted molar refractivity (Wildman–Crippen MR) is 114 cm³/mol. The highest BCUT2D eigenvalue weighted by Gasteiger charge is 2.21. The number of fused-ring (bicyclic) bond motifs is 1. The molecule has 1 amide bonds. The SMILES string of the molecule is C=CCn1cc(/C=C(\C#N)S(=O)(=O)c2ccc(NC(C)=O)cc2)c2ccccc21. The molecular formula is C22H19N3O3S. The molecule has 3 aromatic rings. The monoisotopic (exact) mass is 405 g/mol. The van der Waals surface area contributed by atoms with Crippen molar-refractivity contribution in [2.45, 2.75) is 18.4 Å². The summed E-state index contributed by atoms with van der Waals surface area (Å²) < 4.78 is 27.9. The molecule has 0 bridgehead atoms. The maximum absolute atomic E-state index is 13.0. The molecule has 0 aliphatic heterocycles. The zero-order valence-corrected chi connectivity index (χ0v) is 16.6. The molecular weight excluding hydrogens is 386 g/mol. The molecule has 1 N–H and O–H groups in total. The number of nitrogens with zero attached hydrogens (tertiary/aromatic N) is 2. The van der Waals surface area contributed by atoms with Gasteiger partial charge < -0.3 is 9.88 Å². The Labute approximate surface area is 169 Å². The van der Waals surface area contributed by atoms with E-state index in [4.69, 9.17) is 0 Å². The van der Waals surface area contributed by atoms with Crippen LogP contribution < -0.4 is 5.32 Å². The van der Waals surface area contributed by atoms with Gasteiger partial charge in [0.25, 0.3) is 0 Å². The lowest BCUT2D eigenvalue weighted by Crippen LogP contribution is -2.07. The fraction of sp³-hybridized carbons (Fsp3) is 0.0909. The number of benzene rings is 2. The van der Waals surface area contributed by atoms with Crippen molar-refractivity contribution in [2.75, 3.05) is 5.32 Å². The molecule has 0 aliphatic carbocycles. The van der Waals surface area contributed by atoms with Crippen LogP contribution in [0.4, 0.5) is 5.69 Å². The maximum Gasteiger partial charge on any atom is 0.221 e. The second kappa shape index (κ2) is 8.17. The quantitative estimate of drug-likeness (QED) is 0.493. The lowest BCUT2D eigenvalue weighted by Gasteiger charge is -2.05. The van der Waals surface area contributed by atoms with Gasteiger partial charge in [-0.15, -0.1) is 6.58 Å². The van der Waals surface area contributed by atoms with Gasteiger partial charge in [-0.05, 0) is 36.4 Å². The van der Waals surface area contributed by atoms with Crippen LogP contribution in [0.1, 0.15) is 12.5 Å². The zero-order valence-electron chi connectivity index (χ0n) is 15.8. The molecule has 0 radical (unpaired) electrons. The Hall–Kier alpha value is -3.63. The van der Waals surface area contributed by atoms with E-state index in [2.05, 4.69) is 11.9 Å². The van der Waals surface area contributed by atoms with Crippen molar-refractivity contribution in [3.63, 3.8) is 0 Å². The van der Waals surface area contributed by atoms with Gasteiger partial charge in [0.15, 0.2) is 0 Å². The van der Waals surface area contributed by atoms with Crippen LogP contribution in [0, 0.1) is 11.3 Å². The Morgan fingerprint density at radius 3 is 2.52 bits per heavy atom. The van der Waals surface area contributed by atoms with Crippen LogP contribution in [0.3, 0.4) is 0 Å². The second-order valence-electron chi connectivity index (χ2n) is 6.37. The summed E-state index contributed by atoms with van der Waals surface area (Å²) in [6, 6.07) is 15.1. The molecule has 0 fully saturated rings. The summed E-state index contributed by atoms with van der Waals surface area (Å²) in [6.07, 6.45) is 4.94. The van der Waals surface area contributed by atoms with E-state index in [1.807, 2.05) is 34.9 Å². The molecule has 0 atom stereocenters. The number of allylic oxidation sites excluding steroid dienone is 2. The average molecular weight is 405 g/mol. The number of nitrogens with one attached hydrogen (secondary N) is 1. The Morgan fingerprint density at radius 2 is 1.90 bits per heavy atom. The number of sulfone groups is 1. The molecule has 6 nitrogen and oxygen atoms in total. The summed E-state index contributed by atoms with van der Waals surface area (Å²) in [5, 5.41) is 13.0.